The van der Waals surface area contributed by atoms with Gasteiger partial charge < -0.3 is 4.18 Å². The highest BCUT2D eigenvalue weighted by Crippen LogP contribution is 2.19. The second kappa shape index (κ2) is 8.75. The predicted octanol–water partition coefficient (Wildman–Crippen LogP) is 2.17. The molecule has 0 aliphatic rings. The van der Waals surface area contributed by atoms with Gasteiger partial charge in [-0.1, -0.05) is 17.7 Å². The molecule has 1 aromatic heterocycles. The smallest absolute Gasteiger partial charge is 0.339 e. The van der Waals surface area contributed by atoms with E-state index < -0.39 is 26.6 Å². The topological polar surface area (TPSA) is 146 Å². The summed E-state index contributed by atoms with van der Waals surface area (Å²) in [5.74, 6) is -0.737. The lowest BCUT2D eigenvalue weighted by atomic mass is 10.2. The number of nitrogens with zero attached hydrogens (tertiary/aromatic N) is 4. The number of benzene rings is 2. The molecule has 0 bridgehead atoms. The first-order valence-corrected chi connectivity index (χ1v) is 10.2. The van der Waals surface area contributed by atoms with E-state index in [4.69, 9.17) is 4.18 Å². The zero-order chi connectivity index (χ0) is 22.6. The summed E-state index contributed by atoms with van der Waals surface area (Å²) in [4.78, 5) is 22.3. The van der Waals surface area contributed by atoms with Crippen molar-refractivity contribution in [3.63, 3.8) is 0 Å². The molecule has 11 nitrogen and oxygen atoms in total. The number of carbonyl (C=O) groups excluding carboxylic acids is 1. The number of hydrogen-bond donors (Lipinski definition) is 1. The van der Waals surface area contributed by atoms with E-state index in [1.54, 1.807) is 12.1 Å². The Morgan fingerprint density at radius 1 is 1.19 bits per heavy atom. The Hall–Kier alpha value is -4.06. The van der Waals surface area contributed by atoms with Crippen LogP contribution in [0, 0.1) is 17.0 Å². The van der Waals surface area contributed by atoms with Crippen LogP contribution < -0.4 is 9.61 Å². The number of hydrazone groups is 1. The van der Waals surface area contributed by atoms with Crippen LogP contribution >= 0.6 is 0 Å². The van der Waals surface area contributed by atoms with Crippen LogP contribution in [0.3, 0.4) is 0 Å². The van der Waals surface area contributed by atoms with E-state index in [2.05, 4.69) is 15.6 Å². The third kappa shape index (κ3) is 5.30. The highest BCUT2D eigenvalue weighted by Gasteiger charge is 2.24. The van der Waals surface area contributed by atoms with E-state index in [0.717, 1.165) is 16.4 Å². The fourth-order valence-electron chi connectivity index (χ4n) is 2.48. The molecule has 0 atom stereocenters. The van der Waals surface area contributed by atoms with Crippen LogP contribution in [-0.2, 0) is 17.2 Å². The minimum atomic E-state index is -3.97. The van der Waals surface area contributed by atoms with Gasteiger partial charge in [0.05, 0.1) is 11.1 Å². The van der Waals surface area contributed by atoms with Gasteiger partial charge in [-0.3, -0.25) is 19.6 Å². The fourth-order valence-corrected chi connectivity index (χ4v) is 3.41. The van der Waals surface area contributed by atoms with Gasteiger partial charge in [0, 0.05) is 7.05 Å². The summed E-state index contributed by atoms with van der Waals surface area (Å²) in [6, 6.07) is 12.2. The number of hydrogen-bond acceptors (Lipinski definition) is 8. The van der Waals surface area contributed by atoms with Gasteiger partial charge in [-0.15, -0.1) is 0 Å². The number of aryl methyl sites for hydroxylation is 2. The minimum absolute atomic E-state index is 0.0371. The molecular weight excluding hydrogens is 426 g/mol. The average molecular weight is 443 g/mol. The Kier molecular flexibility index (Phi) is 6.11. The number of nitrogens with one attached hydrogen (secondary N) is 1. The maximum atomic E-state index is 12.3. The van der Waals surface area contributed by atoms with E-state index in [9.17, 15) is 23.3 Å². The molecule has 3 aromatic rings. The molecule has 0 unspecified atom stereocenters. The maximum absolute atomic E-state index is 12.3. The van der Waals surface area contributed by atoms with Crippen LogP contribution in [0.15, 0.2) is 64.7 Å². The van der Waals surface area contributed by atoms with Gasteiger partial charge in [0.25, 0.3) is 5.91 Å². The van der Waals surface area contributed by atoms with Gasteiger partial charge in [0.15, 0.2) is 0 Å². The third-order valence-corrected chi connectivity index (χ3v) is 5.26. The van der Waals surface area contributed by atoms with E-state index in [1.165, 1.54) is 49.7 Å². The van der Waals surface area contributed by atoms with Gasteiger partial charge in [-0.2, -0.15) is 18.6 Å². The molecule has 0 fully saturated rings. The molecule has 0 radical (unpaired) electrons. The monoisotopic (exact) mass is 443 g/mol. The summed E-state index contributed by atoms with van der Waals surface area (Å²) in [7, 11) is -2.51. The third-order valence-electron chi connectivity index (χ3n) is 4.00. The van der Waals surface area contributed by atoms with Gasteiger partial charge in [0.2, 0.25) is 5.69 Å². The molecular formula is C19H17N5O6S. The van der Waals surface area contributed by atoms with Crippen molar-refractivity contribution in [2.75, 3.05) is 0 Å². The second-order valence-electron chi connectivity index (χ2n) is 6.41. The molecule has 0 aliphatic carbocycles. The quantitative estimate of drug-likeness (QED) is 0.255. The molecule has 0 spiro atoms. The molecule has 0 saturated carbocycles. The van der Waals surface area contributed by atoms with Crippen LogP contribution in [0.1, 0.15) is 21.6 Å². The summed E-state index contributed by atoms with van der Waals surface area (Å²) in [5.41, 5.74) is 2.80. The van der Waals surface area contributed by atoms with Crippen LogP contribution in [0.25, 0.3) is 0 Å². The van der Waals surface area contributed by atoms with E-state index in [-0.39, 0.29) is 16.3 Å². The molecule has 1 heterocycles. The summed E-state index contributed by atoms with van der Waals surface area (Å²) in [6.07, 6.45) is 2.40. The molecule has 0 aliphatic heterocycles. The highest BCUT2D eigenvalue weighted by molar-refractivity contribution is 7.87. The largest absolute Gasteiger partial charge is 0.379 e. The van der Waals surface area contributed by atoms with Crippen molar-refractivity contribution in [2.45, 2.75) is 11.8 Å². The summed E-state index contributed by atoms with van der Waals surface area (Å²) < 4.78 is 30.9. The summed E-state index contributed by atoms with van der Waals surface area (Å²) >= 11 is 0. The van der Waals surface area contributed by atoms with Crippen molar-refractivity contribution in [3.8, 4) is 5.75 Å². The van der Waals surface area contributed by atoms with Crippen molar-refractivity contribution < 1.29 is 22.3 Å². The number of carbonyl (C=O) groups is 1. The van der Waals surface area contributed by atoms with Crippen molar-refractivity contribution in [1.29, 1.82) is 0 Å². The second-order valence-corrected chi connectivity index (χ2v) is 7.96. The number of aromatic nitrogens is 2. The minimum Gasteiger partial charge on any atom is -0.379 e. The van der Waals surface area contributed by atoms with Crippen molar-refractivity contribution in [3.05, 3.63) is 81.7 Å². The number of nitro groups is 1. The molecule has 2 aromatic carbocycles. The Morgan fingerprint density at radius 3 is 2.45 bits per heavy atom. The SMILES string of the molecule is Cc1ccc(S(=O)(=O)Oc2ccc(/C=N/NC(=O)c3nn(C)cc3[N+](=O)[O-])cc2)cc1. The lowest BCUT2D eigenvalue weighted by Gasteiger charge is -2.07. The van der Waals surface area contributed by atoms with E-state index in [1.807, 2.05) is 6.92 Å². The number of rotatable bonds is 7. The first kappa shape index (κ1) is 21.6. The zero-order valence-electron chi connectivity index (χ0n) is 16.4. The zero-order valence-corrected chi connectivity index (χ0v) is 17.2. The molecule has 1 amide bonds. The van der Waals surface area contributed by atoms with Crippen LogP contribution in [0.2, 0.25) is 0 Å². The lowest BCUT2D eigenvalue weighted by Crippen LogP contribution is -2.19. The first-order chi connectivity index (χ1) is 14.7. The van der Waals surface area contributed by atoms with E-state index >= 15 is 0 Å². The maximum Gasteiger partial charge on any atom is 0.339 e. The molecule has 3 rings (SSSR count). The van der Waals surface area contributed by atoms with Gasteiger partial charge in [0.1, 0.15) is 16.8 Å². The van der Waals surface area contributed by atoms with Crippen molar-refractivity contribution >= 4 is 27.9 Å². The van der Waals surface area contributed by atoms with Crippen LogP contribution in [0.5, 0.6) is 5.75 Å². The summed E-state index contributed by atoms with van der Waals surface area (Å²) in [6.45, 7) is 1.84. The first-order valence-electron chi connectivity index (χ1n) is 8.78. The Labute approximate surface area is 177 Å². The molecule has 12 heteroatoms. The molecule has 1 N–H and O–H groups in total. The van der Waals surface area contributed by atoms with Gasteiger partial charge in [-0.05, 0) is 48.9 Å². The van der Waals surface area contributed by atoms with Crippen LogP contribution in [-0.4, -0.2) is 35.2 Å². The van der Waals surface area contributed by atoms with Gasteiger partial charge >= 0.3 is 15.8 Å². The Morgan fingerprint density at radius 2 is 1.84 bits per heavy atom. The standard InChI is InChI=1S/C19H17N5O6S/c1-13-3-9-16(10-4-13)31(28,29)30-15-7-5-14(6-8-15)11-20-21-19(25)18-17(24(26)27)12-23(2)22-18/h3-12H,1-2H3,(H,21,25)/b20-11+. The Balaban J connectivity index is 1.64. The van der Waals surface area contributed by atoms with Crippen LogP contribution in [0.4, 0.5) is 5.69 Å². The number of amides is 1. The molecule has 160 valence electrons. The Bertz CT molecular complexity index is 1250. The average Bonchev–Trinajstić information content (AvgIpc) is 3.11. The van der Waals surface area contributed by atoms with Crippen molar-refractivity contribution in [1.82, 2.24) is 15.2 Å². The normalized spacial score (nSPS) is 11.4. The van der Waals surface area contributed by atoms with Crippen molar-refractivity contribution in [2.24, 2.45) is 12.1 Å². The molecule has 31 heavy (non-hydrogen) atoms. The highest BCUT2D eigenvalue weighted by atomic mass is 32.2. The van der Waals surface area contributed by atoms with Gasteiger partial charge in [-0.25, -0.2) is 5.43 Å². The van der Waals surface area contributed by atoms with E-state index in [0.29, 0.717) is 5.56 Å². The predicted molar refractivity (Wildman–Crippen MR) is 110 cm³/mol. The molecule has 0 saturated heterocycles. The lowest BCUT2D eigenvalue weighted by molar-refractivity contribution is -0.385. The summed E-state index contributed by atoms with van der Waals surface area (Å²) in [5, 5.41) is 18.4. The fraction of sp³-hybridized carbons (Fsp3) is 0.105.